The number of nitrogens with zero attached hydrogens (tertiary/aromatic N) is 1. The van der Waals surface area contributed by atoms with E-state index < -0.39 is 12.6 Å². The number of benzene rings is 2. The Kier molecular flexibility index (Phi) is 5.80. The normalized spacial score (nSPS) is 10.9. The molecule has 0 heterocycles. The summed E-state index contributed by atoms with van der Waals surface area (Å²) >= 11 is 9.19. The lowest BCUT2D eigenvalue weighted by Crippen LogP contribution is -2.29. The molecule has 0 aliphatic carbocycles. The summed E-state index contributed by atoms with van der Waals surface area (Å²) in [5.41, 5.74) is 1.67. The van der Waals surface area contributed by atoms with Gasteiger partial charge in [0, 0.05) is 15.1 Å². The number of allylic oxidation sites excluding steroid dienone is 1. The van der Waals surface area contributed by atoms with Crippen LogP contribution in [0, 0.1) is 11.3 Å². The van der Waals surface area contributed by atoms with Gasteiger partial charge in [0.25, 0.3) is 0 Å². The third-order valence-electron chi connectivity index (χ3n) is 2.89. The van der Waals surface area contributed by atoms with Gasteiger partial charge in [0.15, 0.2) is 0 Å². The second-order valence-electron chi connectivity index (χ2n) is 4.52. The summed E-state index contributed by atoms with van der Waals surface area (Å²) in [5.74, 6) is -0.972. The standard InChI is InChI=1S/C17H11BrClNO3/c18-14-3-6-16(23-10-17(21)22)12(8-14)7-13(9-20)11-1-4-15(19)5-2-11/h1-8H,10H2,(H,21,22)/p-1/b13-7+. The molecule has 2 aromatic carbocycles. The number of carbonyl (C=O) groups is 1. The van der Waals surface area contributed by atoms with Gasteiger partial charge in [0.1, 0.15) is 12.4 Å². The van der Waals surface area contributed by atoms with Crippen molar-refractivity contribution in [3.63, 3.8) is 0 Å². The van der Waals surface area contributed by atoms with Gasteiger partial charge in [0.05, 0.1) is 17.6 Å². The highest BCUT2D eigenvalue weighted by Crippen LogP contribution is 2.28. The fourth-order valence-corrected chi connectivity index (χ4v) is 2.37. The summed E-state index contributed by atoms with van der Waals surface area (Å²) in [6.45, 7) is -0.564. The molecule has 116 valence electrons. The van der Waals surface area contributed by atoms with Crippen molar-refractivity contribution in [2.24, 2.45) is 0 Å². The average Bonchev–Trinajstić information content (AvgIpc) is 2.52. The van der Waals surface area contributed by atoms with Gasteiger partial charge in [-0.15, -0.1) is 0 Å². The highest BCUT2D eigenvalue weighted by molar-refractivity contribution is 9.10. The molecule has 0 aliphatic heterocycles. The number of aliphatic carboxylic acids is 1. The van der Waals surface area contributed by atoms with E-state index in [2.05, 4.69) is 22.0 Å². The zero-order chi connectivity index (χ0) is 16.8. The van der Waals surface area contributed by atoms with E-state index in [1.165, 1.54) is 0 Å². The van der Waals surface area contributed by atoms with Gasteiger partial charge < -0.3 is 14.6 Å². The molecular formula is C17H10BrClNO3-. The number of hydrogen-bond acceptors (Lipinski definition) is 4. The van der Waals surface area contributed by atoms with Crippen LogP contribution in [0.2, 0.25) is 5.02 Å². The largest absolute Gasteiger partial charge is 0.546 e. The highest BCUT2D eigenvalue weighted by atomic mass is 79.9. The number of rotatable bonds is 5. The van der Waals surface area contributed by atoms with E-state index in [9.17, 15) is 15.2 Å². The summed E-state index contributed by atoms with van der Waals surface area (Å²) in [4.78, 5) is 10.6. The number of halogens is 2. The summed E-state index contributed by atoms with van der Waals surface area (Å²) in [6, 6.07) is 14.0. The predicted molar refractivity (Wildman–Crippen MR) is 89.6 cm³/mol. The first-order valence-corrected chi connectivity index (χ1v) is 7.66. The summed E-state index contributed by atoms with van der Waals surface area (Å²) in [7, 11) is 0. The van der Waals surface area contributed by atoms with Gasteiger partial charge in [-0.05, 0) is 42.0 Å². The third kappa shape index (κ3) is 4.85. The third-order valence-corrected chi connectivity index (χ3v) is 3.64. The molecule has 0 aliphatic rings. The van der Waals surface area contributed by atoms with Crippen LogP contribution in [-0.4, -0.2) is 12.6 Å². The zero-order valence-electron chi connectivity index (χ0n) is 11.8. The molecule has 23 heavy (non-hydrogen) atoms. The lowest BCUT2D eigenvalue weighted by atomic mass is 10.0. The Hall–Kier alpha value is -2.29. The molecule has 2 rings (SSSR count). The van der Waals surface area contributed by atoms with Crippen molar-refractivity contribution in [3.8, 4) is 11.8 Å². The van der Waals surface area contributed by atoms with Crippen molar-refractivity contribution in [1.29, 1.82) is 5.26 Å². The Labute approximate surface area is 146 Å². The first kappa shape index (κ1) is 17.1. The molecule has 0 spiro atoms. The zero-order valence-corrected chi connectivity index (χ0v) is 14.1. The van der Waals surface area contributed by atoms with Crippen LogP contribution >= 0.6 is 27.5 Å². The van der Waals surface area contributed by atoms with E-state index in [4.69, 9.17) is 16.3 Å². The Bertz CT molecular complexity index is 794. The van der Waals surface area contributed by atoms with E-state index in [-0.39, 0.29) is 0 Å². The number of hydrogen-bond donors (Lipinski definition) is 0. The Balaban J connectivity index is 2.42. The van der Waals surface area contributed by atoms with Crippen molar-refractivity contribution in [1.82, 2.24) is 0 Å². The minimum absolute atomic E-state index is 0.346. The Morgan fingerprint density at radius 1 is 1.30 bits per heavy atom. The van der Waals surface area contributed by atoms with Crippen molar-refractivity contribution >= 4 is 45.1 Å². The molecule has 0 N–H and O–H groups in total. The van der Waals surface area contributed by atoms with Gasteiger partial charge in [0.2, 0.25) is 0 Å². The van der Waals surface area contributed by atoms with E-state index in [0.29, 0.717) is 27.5 Å². The van der Waals surface area contributed by atoms with Crippen LogP contribution in [0.15, 0.2) is 46.9 Å². The van der Waals surface area contributed by atoms with Crippen LogP contribution < -0.4 is 9.84 Å². The molecule has 6 heteroatoms. The first-order chi connectivity index (χ1) is 11.0. The molecular weight excluding hydrogens is 382 g/mol. The number of carbonyl (C=O) groups excluding carboxylic acids is 1. The lowest BCUT2D eigenvalue weighted by molar-refractivity contribution is -0.307. The molecule has 2 aromatic rings. The molecule has 0 saturated heterocycles. The number of nitriles is 1. The SMILES string of the molecule is N#C/C(=C\c1cc(Br)ccc1OCC(=O)[O-])c1ccc(Cl)cc1. The van der Waals surface area contributed by atoms with Gasteiger partial charge >= 0.3 is 0 Å². The number of carboxylic acid groups (broad SMARTS) is 1. The lowest BCUT2D eigenvalue weighted by Gasteiger charge is -2.11. The van der Waals surface area contributed by atoms with Crippen LogP contribution in [0.1, 0.15) is 11.1 Å². The maximum Gasteiger partial charge on any atom is 0.128 e. The molecule has 0 unspecified atom stereocenters. The van der Waals surface area contributed by atoms with Crippen LogP contribution in [0.5, 0.6) is 5.75 Å². The van der Waals surface area contributed by atoms with Gasteiger partial charge in [-0.3, -0.25) is 0 Å². The van der Waals surface area contributed by atoms with Crippen molar-refractivity contribution < 1.29 is 14.6 Å². The van der Waals surface area contributed by atoms with Crippen LogP contribution in [0.25, 0.3) is 11.6 Å². The molecule has 0 saturated carbocycles. The van der Waals surface area contributed by atoms with E-state index in [1.807, 2.05) is 0 Å². The predicted octanol–water partition coefficient (Wildman–Crippen LogP) is 3.30. The van der Waals surface area contributed by atoms with Crippen molar-refractivity contribution in [2.75, 3.05) is 6.61 Å². The Morgan fingerprint density at radius 2 is 2.00 bits per heavy atom. The topological polar surface area (TPSA) is 73.1 Å². The maximum atomic E-state index is 10.6. The van der Waals surface area contributed by atoms with Gasteiger partial charge in [-0.2, -0.15) is 5.26 Å². The second-order valence-corrected chi connectivity index (χ2v) is 5.87. The molecule has 0 amide bonds. The van der Waals surface area contributed by atoms with Crippen LogP contribution in [-0.2, 0) is 4.79 Å². The fourth-order valence-electron chi connectivity index (χ4n) is 1.87. The van der Waals surface area contributed by atoms with Gasteiger partial charge in [-0.1, -0.05) is 39.7 Å². The first-order valence-electron chi connectivity index (χ1n) is 6.49. The molecule has 0 atom stereocenters. The van der Waals surface area contributed by atoms with E-state index >= 15 is 0 Å². The molecule has 0 aromatic heterocycles. The van der Waals surface area contributed by atoms with Crippen LogP contribution in [0.4, 0.5) is 0 Å². The monoisotopic (exact) mass is 390 g/mol. The number of ether oxygens (including phenoxy) is 1. The van der Waals surface area contributed by atoms with E-state index in [0.717, 1.165) is 4.47 Å². The smallest absolute Gasteiger partial charge is 0.128 e. The minimum Gasteiger partial charge on any atom is -0.546 e. The molecule has 0 radical (unpaired) electrons. The highest BCUT2D eigenvalue weighted by Gasteiger charge is 2.07. The molecule has 4 nitrogen and oxygen atoms in total. The molecule has 0 bridgehead atoms. The van der Waals surface area contributed by atoms with Crippen molar-refractivity contribution in [3.05, 3.63) is 63.1 Å². The summed E-state index contributed by atoms with van der Waals surface area (Å²) < 4.78 is 5.97. The summed E-state index contributed by atoms with van der Waals surface area (Å²) in [6.07, 6.45) is 1.62. The minimum atomic E-state index is -1.32. The van der Waals surface area contributed by atoms with Gasteiger partial charge in [-0.25, -0.2) is 0 Å². The second kappa shape index (κ2) is 7.82. The maximum absolute atomic E-state index is 10.6. The van der Waals surface area contributed by atoms with E-state index in [1.54, 1.807) is 48.5 Å². The molecule has 0 fully saturated rings. The Morgan fingerprint density at radius 3 is 2.61 bits per heavy atom. The number of carboxylic acids is 1. The average molecular weight is 392 g/mol. The quantitative estimate of drug-likeness (QED) is 0.579. The fraction of sp³-hybridized carbons (Fsp3) is 0.0588. The van der Waals surface area contributed by atoms with Crippen LogP contribution in [0.3, 0.4) is 0 Å². The van der Waals surface area contributed by atoms with Crippen molar-refractivity contribution in [2.45, 2.75) is 0 Å². The summed E-state index contributed by atoms with van der Waals surface area (Å²) in [5, 5.41) is 20.5.